The van der Waals surface area contributed by atoms with Crippen LogP contribution in [0.2, 0.25) is 0 Å². The standard InChI is InChI=1S/C23H34FN5OS/c1-14-8-7-9-20(15(14)2)25-22(30)17(4)31-23-27-26-21(16(3)28(5)6)29(23)19-12-10-18(24)11-13-19/h10-17,20H,7-9H2,1-6H3,(H,25,30)/t14-,15-,16-,17-,20+/m0/s1. The van der Waals surface area contributed by atoms with E-state index in [-0.39, 0.29) is 29.1 Å². The lowest BCUT2D eigenvalue weighted by Crippen LogP contribution is -2.46. The first-order valence-electron chi connectivity index (χ1n) is 11.0. The predicted octanol–water partition coefficient (Wildman–Crippen LogP) is 4.45. The molecule has 1 aromatic carbocycles. The van der Waals surface area contributed by atoms with Crippen LogP contribution in [0.3, 0.4) is 0 Å². The number of carbonyl (C=O) groups excluding carboxylic acids is 1. The molecule has 0 saturated heterocycles. The van der Waals surface area contributed by atoms with Gasteiger partial charge in [0.1, 0.15) is 5.82 Å². The molecule has 1 aliphatic carbocycles. The van der Waals surface area contributed by atoms with Gasteiger partial charge >= 0.3 is 0 Å². The summed E-state index contributed by atoms with van der Waals surface area (Å²) in [6.45, 7) is 8.43. The summed E-state index contributed by atoms with van der Waals surface area (Å²) in [6, 6.07) is 6.50. The van der Waals surface area contributed by atoms with Crippen molar-refractivity contribution in [3.8, 4) is 5.69 Å². The summed E-state index contributed by atoms with van der Waals surface area (Å²) in [5, 5.41) is 12.4. The van der Waals surface area contributed by atoms with Crippen LogP contribution in [-0.4, -0.2) is 51.0 Å². The highest BCUT2D eigenvalue weighted by molar-refractivity contribution is 8.00. The molecule has 0 spiro atoms. The largest absolute Gasteiger partial charge is 0.352 e. The second-order valence-corrected chi connectivity index (χ2v) is 10.2. The third kappa shape index (κ3) is 5.47. The van der Waals surface area contributed by atoms with Gasteiger partial charge in [0.2, 0.25) is 5.91 Å². The molecule has 5 atom stereocenters. The lowest BCUT2D eigenvalue weighted by molar-refractivity contribution is -0.121. The zero-order valence-electron chi connectivity index (χ0n) is 19.3. The molecular weight excluding hydrogens is 413 g/mol. The molecule has 3 rings (SSSR count). The third-order valence-corrected chi connectivity index (χ3v) is 7.62. The highest BCUT2D eigenvalue weighted by Crippen LogP contribution is 2.32. The second-order valence-electron chi connectivity index (χ2n) is 8.93. The van der Waals surface area contributed by atoms with Crippen molar-refractivity contribution in [3.05, 3.63) is 35.9 Å². The molecular formula is C23H34FN5OS. The van der Waals surface area contributed by atoms with E-state index in [1.807, 2.05) is 37.4 Å². The summed E-state index contributed by atoms with van der Waals surface area (Å²) in [6.07, 6.45) is 3.42. The van der Waals surface area contributed by atoms with Gasteiger partial charge < -0.3 is 5.32 Å². The van der Waals surface area contributed by atoms with Crippen LogP contribution in [0.4, 0.5) is 4.39 Å². The molecule has 1 heterocycles. The van der Waals surface area contributed by atoms with Crippen molar-refractivity contribution < 1.29 is 9.18 Å². The number of halogens is 1. The molecule has 8 heteroatoms. The monoisotopic (exact) mass is 447 g/mol. The Balaban J connectivity index is 1.81. The summed E-state index contributed by atoms with van der Waals surface area (Å²) in [4.78, 5) is 15.0. The van der Waals surface area contributed by atoms with E-state index in [1.54, 1.807) is 12.1 Å². The number of benzene rings is 1. The first kappa shape index (κ1) is 23.7. The number of nitrogens with zero attached hydrogens (tertiary/aromatic N) is 4. The highest BCUT2D eigenvalue weighted by Gasteiger charge is 2.30. The summed E-state index contributed by atoms with van der Waals surface area (Å²) in [5.41, 5.74) is 0.778. The molecule has 6 nitrogen and oxygen atoms in total. The lowest BCUT2D eigenvalue weighted by atomic mass is 9.78. The van der Waals surface area contributed by atoms with Gasteiger partial charge in [-0.1, -0.05) is 38.5 Å². The minimum atomic E-state index is -0.324. The van der Waals surface area contributed by atoms with E-state index in [0.29, 0.717) is 17.0 Å². The van der Waals surface area contributed by atoms with Gasteiger partial charge in [0.05, 0.1) is 11.3 Å². The van der Waals surface area contributed by atoms with E-state index < -0.39 is 0 Å². The number of carbonyl (C=O) groups is 1. The first-order chi connectivity index (χ1) is 14.7. The zero-order valence-corrected chi connectivity index (χ0v) is 20.1. The summed E-state index contributed by atoms with van der Waals surface area (Å²) in [5.74, 6) is 1.58. The topological polar surface area (TPSA) is 63.1 Å². The van der Waals surface area contributed by atoms with Crippen molar-refractivity contribution in [1.29, 1.82) is 0 Å². The fraction of sp³-hybridized carbons (Fsp3) is 0.609. The van der Waals surface area contributed by atoms with Gasteiger partial charge in [0, 0.05) is 11.7 Å². The Morgan fingerprint density at radius 3 is 2.52 bits per heavy atom. The molecule has 2 aromatic rings. The number of nitrogens with one attached hydrogen (secondary N) is 1. The Morgan fingerprint density at radius 1 is 1.19 bits per heavy atom. The maximum absolute atomic E-state index is 13.5. The number of hydrogen-bond donors (Lipinski definition) is 1. The van der Waals surface area contributed by atoms with Crippen molar-refractivity contribution in [1.82, 2.24) is 25.0 Å². The first-order valence-corrected chi connectivity index (χ1v) is 11.9. The number of rotatable bonds is 7. The average Bonchev–Trinajstić information content (AvgIpc) is 3.14. The summed E-state index contributed by atoms with van der Waals surface area (Å²) in [7, 11) is 3.95. The predicted molar refractivity (Wildman–Crippen MR) is 123 cm³/mol. The average molecular weight is 448 g/mol. The Bertz CT molecular complexity index is 885. The van der Waals surface area contributed by atoms with Crippen LogP contribution >= 0.6 is 11.8 Å². The van der Waals surface area contributed by atoms with Crippen molar-refractivity contribution in [3.63, 3.8) is 0 Å². The Hall–Kier alpha value is -1.93. The van der Waals surface area contributed by atoms with Gasteiger partial charge in [0.25, 0.3) is 0 Å². The molecule has 1 saturated carbocycles. The second kappa shape index (κ2) is 10.1. The fourth-order valence-corrected chi connectivity index (χ4v) is 4.87. The van der Waals surface area contributed by atoms with E-state index in [9.17, 15) is 9.18 Å². The van der Waals surface area contributed by atoms with E-state index in [2.05, 4.69) is 29.4 Å². The van der Waals surface area contributed by atoms with Gasteiger partial charge in [-0.15, -0.1) is 10.2 Å². The van der Waals surface area contributed by atoms with Gasteiger partial charge in [-0.05, 0) is 70.5 Å². The Labute approximate surface area is 189 Å². The molecule has 0 radical (unpaired) electrons. The van der Waals surface area contributed by atoms with Crippen LogP contribution in [-0.2, 0) is 4.79 Å². The van der Waals surface area contributed by atoms with E-state index in [1.165, 1.54) is 30.3 Å². The summed E-state index contributed by atoms with van der Waals surface area (Å²) < 4.78 is 15.4. The number of amides is 1. The number of hydrogen-bond acceptors (Lipinski definition) is 5. The normalized spacial score (nSPS) is 23.5. The van der Waals surface area contributed by atoms with Gasteiger partial charge in [0.15, 0.2) is 11.0 Å². The summed E-state index contributed by atoms with van der Waals surface area (Å²) >= 11 is 1.38. The molecule has 0 aliphatic heterocycles. The zero-order chi connectivity index (χ0) is 22.7. The third-order valence-electron chi connectivity index (χ3n) is 6.58. The van der Waals surface area contributed by atoms with Crippen molar-refractivity contribution in [2.24, 2.45) is 11.8 Å². The van der Waals surface area contributed by atoms with Crippen molar-refractivity contribution in [2.75, 3.05) is 14.1 Å². The fourth-order valence-electron chi connectivity index (χ4n) is 3.99. The smallest absolute Gasteiger partial charge is 0.233 e. The number of aromatic nitrogens is 3. The Morgan fingerprint density at radius 2 is 1.87 bits per heavy atom. The van der Waals surface area contributed by atoms with E-state index in [4.69, 9.17) is 0 Å². The molecule has 1 aromatic heterocycles. The highest BCUT2D eigenvalue weighted by atomic mass is 32.2. The van der Waals surface area contributed by atoms with Crippen LogP contribution in [0.5, 0.6) is 0 Å². The molecule has 1 aliphatic rings. The molecule has 1 amide bonds. The van der Waals surface area contributed by atoms with Crippen LogP contribution < -0.4 is 5.32 Å². The van der Waals surface area contributed by atoms with E-state index >= 15 is 0 Å². The minimum Gasteiger partial charge on any atom is -0.352 e. The quantitative estimate of drug-likeness (QED) is 0.636. The van der Waals surface area contributed by atoms with E-state index in [0.717, 1.165) is 24.4 Å². The van der Waals surface area contributed by atoms with Gasteiger partial charge in [-0.3, -0.25) is 14.3 Å². The van der Waals surface area contributed by atoms with Crippen LogP contribution in [0.1, 0.15) is 58.8 Å². The SMILES string of the molecule is C[C@H]1[C@@H](C)CCC[C@H]1NC(=O)[C@H](C)Sc1nnc([C@H](C)N(C)C)n1-c1ccc(F)cc1. The van der Waals surface area contributed by atoms with Crippen molar-refractivity contribution in [2.45, 2.75) is 69.4 Å². The van der Waals surface area contributed by atoms with Gasteiger partial charge in [-0.2, -0.15) is 0 Å². The number of thioether (sulfide) groups is 1. The molecule has 170 valence electrons. The maximum Gasteiger partial charge on any atom is 0.233 e. The molecule has 1 N–H and O–H groups in total. The van der Waals surface area contributed by atoms with Crippen molar-refractivity contribution >= 4 is 17.7 Å². The molecule has 31 heavy (non-hydrogen) atoms. The molecule has 0 unspecified atom stereocenters. The van der Waals surface area contributed by atoms with Crippen LogP contribution in [0, 0.1) is 17.7 Å². The Kier molecular flexibility index (Phi) is 7.75. The maximum atomic E-state index is 13.5. The molecule has 0 bridgehead atoms. The van der Waals surface area contributed by atoms with Crippen LogP contribution in [0.15, 0.2) is 29.4 Å². The lowest BCUT2D eigenvalue weighted by Gasteiger charge is -2.35. The van der Waals surface area contributed by atoms with Gasteiger partial charge in [-0.25, -0.2) is 4.39 Å². The molecule has 1 fully saturated rings. The minimum absolute atomic E-state index is 0.000566. The van der Waals surface area contributed by atoms with Crippen LogP contribution in [0.25, 0.3) is 5.69 Å².